The van der Waals surface area contributed by atoms with E-state index in [1.54, 1.807) is 6.07 Å². The van der Waals surface area contributed by atoms with E-state index in [2.05, 4.69) is 11.9 Å². The summed E-state index contributed by atoms with van der Waals surface area (Å²) in [4.78, 5) is 18.6. The first kappa shape index (κ1) is 14.8. The molecule has 1 aliphatic rings. The van der Waals surface area contributed by atoms with Gasteiger partial charge < -0.3 is 15.4 Å². The molecular formula is C15H23N3O2. The van der Waals surface area contributed by atoms with Crippen molar-refractivity contribution in [2.75, 3.05) is 26.0 Å². The monoisotopic (exact) mass is 277 g/mol. The lowest BCUT2D eigenvalue weighted by Gasteiger charge is -2.31. The van der Waals surface area contributed by atoms with Gasteiger partial charge in [-0.05, 0) is 31.4 Å². The molecular weight excluding hydrogens is 254 g/mol. The van der Waals surface area contributed by atoms with Crippen LogP contribution >= 0.6 is 0 Å². The van der Waals surface area contributed by atoms with Gasteiger partial charge in [-0.25, -0.2) is 4.98 Å². The van der Waals surface area contributed by atoms with Crippen LogP contribution in [0.15, 0.2) is 12.1 Å². The zero-order valence-corrected chi connectivity index (χ0v) is 12.3. The Bertz CT molecular complexity index is 470. The van der Waals surface area contributed by atoms with Crippen LogP contribution in [0, 0.1) is 0 Å². The first-order chi connectivity index (χ1) is 9.61. The lowest BCUT2D eigenvalue weighted by atomic mass is 10.1. The summed E-state index contributed by atoms with van der Waals surface area (Å²) < 4.78 is 5.34. The largest absolute Gasteiger partial charge is 0.384 e. The van der Waals surface area contributed by atoms with Crippen LogP contribution in [0.2, 0.25) is 0 Å². The molecule has 5 nitrogen and oxygen atoms in total. The summed E-state index contributed by atoms with van der Waals surface area (Å²) in [5.41, 5.74) is 7.32. The van der Waals surface area contributed by atoms with Crippen molar-refractivity contribution in [3.8, 4) is 0 Å². The standard InChI is InChI=1S/C15H23N3O2/c1-3-4-12-9-11(10-14(16)17-12)15(19)18(2)13-5-7-20-8-6-13/h9-10,13H,3-8H2,1-2H3,(H2,16,17). The summed E-state index contributed by atoms with van der Waals surface area (Å²) in [7, 11) is 1.86. The molecule has 0 aromatic carbocycles. The van der Waals surface area contributed by atoms with Gasteiger partial charge in [-0.1, -0.05) is 13.3 Å². The number of amides is 1. The summed E-state index contributed by atoms with van der Waals surface area (Å²) in [5, 5.41) is 0. The third-order valence-electron chi connectivity index (χ3n) is 3.71. The van der Waals surface area contributed by atoms with E-state index in [1.165, 1.54) is 0 Å². The summed E-state index contributed by atoms with van der Waals surface area (Å²) in [5.74, 6) is 0.433. The van der Waals surface area contributed by atoms with Gasteiger partial charge >= 0.3 is 0 Å². The first-order valence-corrected chi connectivity index (χ1v) is 7.23. The number of aryl methyl sites for hydroxylation is 1. The Hall–Kier alpha value is -1.62. The Morgan fingerprint density at radius 2 is 2.15 bits per heavy atom. The minimum absolute atomic E-state index is 0.0170. The van der Waals surface area contributed by atoms with E-state index in [1.807, 2.05) is 18.0 Å². The molecule has 1 aliphatic heterocycles. The molecule has 1 amide bonds. The van der Waals surface area contributed by atoms with Crippen LogP contribution < -0.4 is 5.73 Å². The molecule has 20 heavy (non-hydrogen) atoms. The van der Waals surface area contributed by atoms with E-state index in [9.17, 15) is 4.79 Å². The molecule has 0 saturated carbocycles. The number of nitrogen functional groups attached to an aromatic ring is 1. The average molecular weight is 277 g/mol. The highest BCUT2D eigenvalue weighted by molar-refractivity contribution is 5.95. The van der Waals surface area contributed by atoms with Gasteiger partial charge in [0.2, 0.25) is 0 Å². The molecule has 0 aliphatic carbocycles. The van der Waals surface area contributed by atoms with E-state index in [0.29, 0.717) is 11.4 Å². The topological polar surface area (TPSA) is 68.5 Å². The third-order valence-corrected chi connectivity index (χ3v) is 3.71. The molecule has 1 aromatic rings. The first-order valence-electron chi connectivity index (χ1n) is 7.23. The number of hydrogen-bond donors (Lipinski definition) is 1. The third kappa shape index (κ3) is 3.48. The molecule has 2 rings (SSSR count). The van der Waals surface area contributed by atoms with Gasteiger partial charge in [-0.3, -0.25) is 4.79 Å². The van der Waals surface area contributed by atoms with Crippen molar-refractivity contribution in [3.05, 3.63) is 23.4 Å². The van der Waals surface area contributed by atoms with Gasteiger partial charge in [0.15, 0.2) is 0 Å². The predicted molar refractivity (Wildman–Crippen MR) is 78.6 cm³/mol. The predicted octanol–water partition coefficient (Wildman–Crippen LogP) is 1.87. The summed E-state index contributed by atoms with van der Waals surface area (Å²) in [6.07, 6.45) is 3.61. The zero-order valence-electron chi connectivity index (χ0n) is 12.3. The Balaban J connectivity index is 2.14. The second-order valence-corrected chi connectivity index (χ2v) is 5.28. The second-order valence-electron chi connectivity index (χ2n) is 5.28. The molecule has 5 heteroatoms. The number of anilines is 1. The van der Waals surface area contributed by atoms with Crippen molar-refractivity contribution in [1.82, 2.24) is 9.88 Å². The smallest absolute Gasteiger partial charge is 0.254 e. The van der Waals surface area contributed by atoms with Crippen molar-refractivity contribution in [1.29, 1.82) is 0 Å². The number of nitrogens with zero attached hydrogens (tertiary/aromatic N) is 2. The lowest BCUT2D eigenvalue weighted by molar-refractivity contribution is 0.0362. The Labute approximate surface area is 120 Å². The average Bonchev–Trinajstić information content (AvgIpc) is 2.46. The van der Waals surface area contributed by atoms with E-state index in [-0.39, 0.29) is 11.9 Å². The van der Waals surface area contributed by atoms with E-state index < -0.39 is 0 Å². The number of aromatic nitrogens is 1. The number of carbonyl (C=O) groups excluding carboxylic acids is 1. The molecule has 0 radical (unpaired) electrons. The minimum Gasteiger partial charge on any atom is -0.384 e. The van der Waals surface area contributed by atoms with Crippen LogP contribution in [0.5, 0.6) is 0 Å². The van der Waals surface area contributed by atoms with Crippen molar-refractivity contribution in [3.63, 3.8) is 0 Å². The number of carbonyl (C=O) groups is 1. The lowest BCUT2D eigenvalue weighted by Crippen LogP contribution is -2.40. The molecule has 0 unspecified atom stereocenters. The van der Waals surface area contributed by atoms with Gasteiger partial charge in [-0.15, -0.1) is 0 Å². The van der Waals surface area contributed by atoms with Crippen molar-refractivity contribution >= 4 is 11.7 Å². The van der Waals surface area contributed by atoms with Crippen LogP contribution in [0.4, 0.5) is 5.82 Å². The minimum atomic E-state index is 0.0170. The highest BCUT2D eigenvalue weighted by atomic mass is 16.5. The summed E-state index contributed by atoms with van der Waals surface area (Å²) >= 11 is 0. The van der Waals surface area contributed by atoms with Crippen LogP contribution in [0.3, 0.4) is 0 Å². The maximum absolute atomic E-state index is 12.6. The van der Waals surface area contributed by atoms with Crippen LogP contribution in [0.25, 0.3) is 0 Å². The van der Waals surface area contributed by atoms with Gasteiger partial charge in [0.1, 0.15) is 5.82 Å². The molecule has 0 atom stereocenters. The SMILES string of the molecule is CCCc1cc(C(=O)N(C)C2CCOCC2)cc(N)n1. The Kier molecular flexibility index (Phi) is 4.95. The van der Waals surface area contributed by atoms with Crippen molar-refractivity contribution < 1.29 is 9.53 Å². The van der Waals surface area contributed by atoms with E-state index >= 15 is 0 Å². The van der Waals surface area contributed by atoms with Crippen LogP contribution in [-0.4, -0.2) is 42.1 Å². The second kappa shape index (κ2) is 6.70. The van der Waals surface area contributed by atoms with Crippen LogP contribution in [-0.2, 0) is 11.2 Å². The molecule has 0 spiro atoms. The van der Waals surface area contributed by atoms with Gasteiger partial charge in [-0.2, -0.15) is 0 Å². The van der Waals surface area contributed by atoms with Gasteiger partial charge in [0.25, 0.3) is 5.91 Å². The van der Waals surface area contributed by atoms with E-state index in [4.69, 9.17) is 10.5 Å². The van der Waals surface area contributed by atoms with E-state index in [0.717, 1.165) is 44.6 Å². The molecule has 0 bridgehead atoms. The number of pyridine rings is 1. The molecule has 1 saturated heterocycles. The van der Waals surface area contributed by atoms with Gasteiger partial charge in [0, 0.05) is 37.6 Å². The van der Waals surface area contributed by atoms with Crippen LogP contribution in [0.1, 0.15) is 42.2 Å². The quantitative estimate of drug-likeness (QED) is 0.912. The fraction of sp³-hybridized carbons (Fsp3) is 0.600. The van der Waals surface area contributed by atoms with Crippen molar-refractivity contribution in [2.24, 2.45) is 0 Å². The zero-order chi connectivity index (χ0) is 14.5. The maximum Gasteiger partial charge on any atom is 0.254 e. The normalized spacial score (nSPS) is 16.1. The van der Waals surface area contributed by atoms with Gasteiger partial charge in [0.05, 0.1) is 0 Å². The highest BCUT2D eigenvalue weighted by Crippen LogP contribution is 2.17. The summed E-state index contributed by atoms with van der Waals surface area (Å²) in [6, 6.07) is 3.77. The fourth-order valence-corrected chi connectivity index (χ4v) is 2.56. The molecule has 1 aromatic heterocycles. The number of hydrogen-bond acceptors (Lipinski definition) is 4. The Morgan fingerprint density at radius 3 is 2.80 bits per heavy atom. The molecule has 110 valence electrons. The number of ether oxygens (including phenoxy) is 1. The summed E-state index contributed by atoms with van der Waals surface area (Å²) in [6.45, 7) is 3.53. The molecule has 2 heterocycles. The number of nitrogens with two attached hydrogens (primary N) is 1. The fourth-order valence-electron chi connectivity index (χ4n) is 2.56. The number of rotatable bonds is 4. The highest BCUT2D eigenvalue weighted by Gasteiger charge is 2.23. The molecule has 2 N–H and O–H groups in total. The molecule has 1 fully saturated rings. The maximum atomic E-state index is 12.6. The van der Waals surface area contributed by atoms with Crippen molar-refractivity contribution in [2.45, 2.75) is 38.6 Å². The Morgan fingerprint density at radius 1 is 1.45 bits per heavy atom.